The van der Waals surface area contributed by atoms with Gasteiger partial charge in [0.15, 0.2) is 5.82 Å². The highest BCUT2D eigenvalue weighted by molar-refractivity contribution is 5.94. The molecule has 0 saturated carbocycles. The van der Waals surface area contributed by atoms with Crippen LogP contribution in [0.15, 0.2) is 18.5 Å². The molecule has 0 aliphatic carbocycles. The highest BCUT2D eigenvalue weighted by atomic mass is 19.1. The number of morpholine rings is 1. The number of carbonyl (C=O) groups excluding carboxylic acids is 1. The third-order valence-electron chi connectivity index (χ3n) is 2.76. The van der Waals surface area contributed by atoms with Crippen molar-refractivity contribution in [1.82, 2.24) is 9.88 Å². The van der Waals surface area contributed by atoms with E-state index >= 15 is 0 Å². The van der Waals surface area contributed by atoms with Crippen molar-refractivity contribution in [3.8, 4) is 0 Å². The van der Waals surface area contributed by atoms with E-state index in [1.165, 1.54) is 12.3 Å². The van der Waals surface area contributed by atoms with Gasteiger partial charge in [-0.25, -0.2) is 4.39 Å². The van der Waals surface area contributed by atoms with Gasteiger partial charge < -0.3 is 15.4 Å². The lowest BCUT2D eigenvalue weighted by atomic mass is 10.1. The second kappa shape index (κ2) is 5.20. The first-order valence-electron chi connectivity index (χ1n) is 5.42. The summed E-state index contributed by atoms with van der Waals surface area (Å²) >= 11 is 0. The van der Waals surface area contributed by atoms with E-state index < -0.39 is 5.82 Å². The van der Waals surface area contributed by atoms with Gasteiger partial charge in [0, 0.05) is 19.3 Å². The number of carbonyl (C=O) groups is 1. The molecule has 1 amide bonds. The van der Waals surface area contributed by atoms with Crippen LogP contribution in [-0.2, 0) is 4.74 Å². The van der Waals surface area contributed by atoms with Gasteiger partial charge in [-0.1, -0.05) is 0 Å². The number of hydrogen-bond acceptors (Lipinski definition) is 4. The topological polar surface area (TPSA) is 68.5 Å². The van der Waals surface area contributed by atoms with Crippen LogP contribution in [-0.4, -0.2) is 48.1 Å². The van der Waals surface area contributed by atoms with E-state index in [0.717, 1.165) is 6.20 Å². The quantitative estimate of drug-likeness (QED) is 0.790. The van der Waals surface area contributed by atoms with Crippen LogP contribution >= 0.6 is 0 Å². The summed E-state index contributed by atoms with van der Waals surface area (Å²) < 4.78 is 18.7. The summed E-state index contributed by atoms with van der Waals surface area (Å²) in [6.07, 6.45) is 2.43. The Bertz CT molecular complexity index is 413. The van der Waals surface area contributed by atoms with Gasteiger partial charge in [-0.2, -0.15) is 0 Å². The predicted molar refractivity (Wildman–Crippen MR) is 58.9 cm³/mol. The lowest BCUT2D eigenvalue weighted by Gasteiger charge is -2.34. The minimum atomic E-state index is -0.611. The molecule has 1 aromatic heterocycles. The third kappa shape index (κ3) is 2.42. The van der Waals surface area contributed by atoms with E-state index in [2.05, 4.69) is 4.98 Å². The summed E-state index contributed by atoms with van der Waals surface area (Å²) in [5, 5.41) is 0. The zero-order valence-electron chi connectivity index (χ0n) is 9.30. The Labute approximate surface area is 98.4 Å². The smallest absolute Gasteiger partial charge is 0.257 e. The summed E-state index contributed by atoms with van der Waals surface area (Å²) in [6, 6.07) is 1.18. The molecule has 2 rings (SSSR count). The van der Waals surface area contributed by atoms with Crippen molar-refractivity contribution in [2.75, 3.05) is 26.3 Å². The van der Waals surface area contributed by atoms with E-state index in [4.69, 9.17) is 10.5 Å². The van der Waals surface area contributed by atoms with Crippen LogP contribution < -0.4 is 5.73 Å². The zero-order chi connectivity index (χ0) is 12.3. The second-order valence-corrected chi connectivity index (χ2v) is 3.82. The molecule has 2 N–H and O–H groups in total. The molecular formula is C11H14FN3O2. The van der Waals surface area contributed by atoms with Gasteiger partial charge in [-0.3, -0.25) is 9.78 Å². The maximum absolute atomic E-state index is 13.5. The minimum absolute atomic E-state index is 0.0281. The zero-order valence-corrected chi connectivity index (χ0v) is 9.30. The highest BCUT2D eigenvalue weighted by Crippen LogP contribution is 2.13. The van der Waals surface area contributed by atoms with Gasteiger partial charge in [0.05, 0.1) is 31.0 Å². The summed E-state index contributed by atoms with van der Waals surface area (Å²) in [7, 11) is 0. The molecule has 0 radical (unpaired) electrons. The summed E-state index contributed by atoms with van der Waals surface area (Å²) in [6.45, 7) is 1.59. The van der Waals surface area contributed by atoms with Crippen molar-refractivity contribution in [1.29, 1.82) is 0 Å². The van der Waals surface area contributed by atoms with E-state index in [1.54, 1.807) is 4.90 Å². The van der Waals surface area contributed by atoms with Crippen LogP contribution in [0.3, 0.4) is 0 Å². The normalized spacial score (nSPS) is 20.4. The predicted octanol–water partition coefficient (Wildman–Crippen LogP) is 0.0204. The number of halogens is 1. The minimum Gasteiger partial charge on any atom is -0.377 e. The average molecular weight is 239 g/mol. The largest absolute Gasteiger partial charge is 0.377 e. The fraction of sp³-hybridized carbons (Fsp3) is 0.455. The molecule has 2 heterocycles. The Hall–Kier alpha value is -1.53. The monoisotopic (exact) mass is 239 g/mol. The molecule has 1 fully saturated rings. The molecule has 92 valence electrons. The van der Waals surface area contributed by atoms with Crippen molar-refractivity contribution in [3.63, 3.8) is 0 Å². The first-order valence-corrected chi connectivity index (χ1v) is 5.42. The molecule has 1 aliphatic heterocycles. The maximum Gasteiger partial charge on any atom is 0.257 e. The number of aromatic nitrogens is 1. The Kier molecular flexibility index (Phi) is 3.65. The SMILES string of the molecule is NCC1COCCN1C(=O)c1ccncc1F. The van der Waals surface area contributed by atoms with Crippen molar-refractivity contribution in [2.45, 2.75) is 6.04 Å². The van der Waals surface area contributed by atoms with E-state index in [9.17, 15) is 9.18 Å². The highest BCUT2D eigenvalue weighted by Gasteiger charge is 2.28. The molecule has 1 aliphatic rings. The summed E-state index contributed by atoms with van der Waals surface area (Å²) in [4.78, 5) is 17.3. The number of amides is 1. The van der Waals surface area contributed by atoms with Crippen LogP contribution in [0.5, 0.6) is 0 Å². The van der Waals surface area contributed by atoms with Crippen LogP contribution in [0.25, 0.3) is 0 Å². The van der Waals surface area contributed by atoms with Gasteiger partial charge in [0.25, 0.3) is 5.91 Å². The van der Waals surface area contributed by atoms with E-state index in [1.807, 2.05) is 0 Å². The Balaban J connectivity index is 2.21. The van der Waals surface area contributed by atoms with Crippen LogP contribution in [0.4, 0.5) is 4.39 Å². The summed E-state index contributed by atoms with van der Waals surface area (Å²) in [5.41, 5.74) is 5.60. The number of nitrogens with zero attached hydrogens (tertiary/aromatic N) is 2. The number of hydrogen-bond donors (Lipinski definition) is 1. The fourth-order valence-electron chi connectivity index (χ4n) is 1.82. The lowest BCUT2D eigenvalue weighted by molar-refractivity contribution is 0.000591. The lowest BCUT2D eigenvalue weighted by Crippen LogP contribution is -2.52. The van der Waals surface area contributed by atoms with E-state index in [-0.39, 0.29) is 17.5 Å². The molecule has 0 bridgehead atoms. The van der Waals surface area contributed by atoms with Crippen LogP contribution in [0.1, 0.15) is 10.4 Å². The molecule has 1 saturated heterocycles. The van der Waals surface area contributed by atoms with Crippen molar-refractivity contribution in [2.24, 2.45) is 5.73 Å². The van der Waals surface area contributed by atoms with Gasteiger partial charge >= 0.3 is 0 Å². The van der Waals surface area contributed by atoms with Crippen molar-refractivity contribution >= 4 is 5.91 Å². The standard InChI is InChI=1S/C11H14FN3O2/c12-10-6-14-2-1-9(10)11(16)15-3-4-17-7-8(15)5-13/h1-2,6,8H,3-5,7,13H2. The number of ether oxygens (including phenoxy) is 1. The fourth-order valence-corrected chi connectivity index (χ4v) is 1.82. The number of nitrogens with two attached hydrogens (primary N) is 1. The maximum atomic E-state index is 13.5. The Morgan fingerprint density at radius 3 is 3.24 bits per heavy atom. The molecule has 17 heavy (non-hydrogen) atoms. The number of rotatable bonds is 2. The van der Waals surface area contributed by atoms with Crippen LogP contribution in [0, 0.1) is 5.82 Å². The van der Waals surface area contributed by atoms with E-state index in [0.29, 0.717) is 26.3 Å². The molecule has 1 atom stereocenters. The molecule has 1 aromatic rings. The first kappa shape index (κ1) is 11.9. The Morgan fingerprint density at radius 1 is 1.71 bits per heavy atom. The molecular weight excluding hydrogens is 225 g/mol. The van der Waals surface area contributed by atoms with Gasteiger partial charge in [-0.15, -0.1) is 0 Å². The van der Waals surface area contributed by atoms with Crippen molar-refractivity contribution < 1.29 is 13.9 Å². The molecule has 6 heteroatoms. The molecule has 0 aromatic carbocycles. The second-order valence-electron chi connectivity index (χ2n) is 3.82. The molecule has 0 spiro atoms. The third-order valence-corrected chi connectivity index (χ3v) is 2.76. The van der Waals surface area contributed by atoms with Gasteiger partial charge in [0.1, 0.15) is 0 Å². The average Bonchev–Trinajstić information content (AvgIpc) is 2.38. The van der Waals surface area contributed by atoms with Gasteiger partial charge in [-0.05, 0) is 6.07 Å². The Morgan fingerprint density at radius 2 is 2.53 bits per heavy atom. The molecule has 1 unspecified atom stereocenters. The van der Waals surface area contributed by atoms with Gasteiger partial charge in [0.2, 0.25) is 0 Å². The first-order chi connectivity index (χ1) is 8.24. The molecule has 5 nitrogen and oxygen atoms in total. The number of pyridine rings is 1. The van der Waals surface area contributed by atoms with Crippen molar-refractivity contribution in [3.05, 3.63) is 29.8 Å². The van der Waals surface area contributed by atoms with Crippen LogP contribution in [0.2, 0.25) is 0 Å². The summed E-state index contributed by atoms with van der Waals surface area (Å²) in [5.74, 6) is -0.969.